The number of carbonyl (C=O) groups is 2. The maximum Gasteiger partial charge on any atom is 0.243 e. The molecule has 0 aromatic rings. The third kappa shape index (κ3) is 2.82. The monoisotopic (exact) mass is 256 g/mol. The zero-order valence-electron chi connectivity index (χ0n) is 10.7. The standard InChI is InChI=1S/C13H21FN2O2/c14-7-4-8-16-11(17)9-15-13(18)12(16)10-5-2-1-3-6-10/h10,12H,1-9H2,(H,15,18). The van der Waals surface area contributed by atoms with Crippen molar-refractivity contribution in [2.75, 3.05) is 19.8 Å². The van der Waals surface area contributed by atoms with Crippen molar-refractivity contribution in [1.29, 1.82) is 0 Å². The van der Waals surface area contributed by atoms with E-state index in [9.17, 15) is 14.0 Å². The van der Waals surface area contributed by atoms with Gasteiger partial charge in [0.15, 0.2) is 0 Å². The Balaban J connectivity index is 2.08. The molecule has 5 heteroatoms. The van der Waals surface area contributed by atoms with E-state index >= 15 is 0 Å². The van der Waals surface area contributed by atoms with Gasteiger partial charge in [-0.25, -0.2) is 0 Å². The molecule has 2 aliphatic rings. The van der Waals surface area contributed by atoms with Gasteiger partial charge in [-0.1, -0.05) is 19.3 Å². The SMILES string of the molecule is O=C1NCC(=O)N(CCCF)C1C1CCCCC1. The Morgan fingerprint density at radius 3 is 2.61 bits per heavy atom. The number of piperazine rings is 1. The second-order valence-corrected chi connectivity index (χ2v) is 5.19. The number of nitrogens with zero attached hydrogens (tertiary/aromatic N) is 1. The Morgan fingerprint density at radius 2 is 1.94 bits per heavy atom. The highest BCUT2D eigenvalue weighted by molar-refractivity contribution is 5.95. The van der Waals surface area contributed by atoms with Crippen LogP contribution in [-0.2, 0) is 9.59 Å². The minimum Gasteiger partial charge on any atom is -0.345 e. The fourth-order valence-corrected chi connectivity index (χ4v) is 3.08. The summed E-state index contributed by atoms with van der Waals surface area (Å²) in [5, 5.41) is 2.66. The largest absolute Gasteiger partial charge is 0.345 e. The lowest BCUT2D eigenvalue weighted by Gasteiger charge is -2.40. The van der Waals surface area contributed by atoms with Crippen molar-refractivity contribution in [1.82, 2.24) is 10.2 Å². The average molecular weight is 256 g/mol. The summed E-state index contributed by atoms with van der Waals surface area (Å²) in [5.74, 6) is 0.126. The van der Waals surface area contributed by atoms with E-state index in [1.54, 1.807) is 4.90 Å². The van der Waals surface area contributed by atoms with Crippen LogP contribution < -0.4 is 5.32 Å². The van der Waals surface area contributed by atoms with Crippen molar-refractivity contribution in [3.63, 3.8) is 0 Å². The molecule has 2 amide bonds. The second kappa shape index (κ2) is 6.16. The third-order valence-corrected chi connectivity index (χ3v) is 3.97. The van der Waals surface area contributed by atoms with Crippen molar-refractivity contribution in [2.45, 2.75) is 44.6 Å². The highest BCUT2D eigenvalue weighted by Gasteiger charge is 2.39. The van der Waals surface area contributed by atoms with Crippen LogP contribution in [-0.4, -0.2) is 42.5 Å². The Morgan fingerprint density at radius 1 is 1.22 bits per heavy atom. The van der Waals surface area contributed by atoms with Crippen LogP contribution >= 0.6 is 0 Å². The summed E-state index contributed by atoms with van der Waals surface area (Å²) in [5.41, 5.74) is 0. The summed E-state index contributed by atoms with van der Waals surface area (Å²) in [4.78, 5) is 25.5. The van der Waals surface area contributed by atoms with Gasteiger partial charge in [0, 0.05) is 6.54 Å². The predicted octanol–water partition coefficient (Wildman–Crippen LogP) is 1.25. The molecule has 102 valence electrons. The molecule has 0 aromatic carbocycles. The Kier molecular flexibility index (Phi) is 4.55. The van der Waals surface area contributed by atoms with Crippen LogP contribution in [0.25, 0.3) is 0 Å². The average Bonchev–Trinajstić information content (AvgIpc) is 2.40. The molecule has 0 radical (unpaired) electrons. The fraction of sp³-hybridized carbons (Fsp3) is 0.846. The molecule has 1 saturated carbocycles. The Labute approximate surface area is 107 Å². The van der Waals surface area contributed by atoms with Crippen molar-refractivity contribution in [2.24, 2.45) is 5.92 Å². The van der Waals surface area contributed by atoms with E-state index in [4.69, 9.17) is 0 Å². The minimum atomic E-state index is -0.442. The van der Waals surface area contributed by atoms with E-state index in [-0.39, 0.29) is 30.3 Å². The van der Waals surface area contributed by atoms with E-state index < -0.39 is 6.67 Å². The lowest BCUT2D eigenvalue weighted by Crippen LogP contribution is -2.61. The first-order valence-corrected chi connectivity index (χ1v) is 6.87. The molecule has 1 unspecified atom stereocenters. The zero-order valence-corrected chi connectivity index (χ0v) is 10.7. The fourth-order valence-electron chi connectivity index (χ4n) is 3.08. The van der Waals surface area contributed by atoms with Crippen molar-refractivity contribution < 1.29 is 14.0 Å². The van der Waals surface area contributed by atoms with Gasteiger partial charge in [-0.3, -0.25) is 14.0 Å². The highest BCUT2D eigenvalue weighted by atomic mass is 19.1. The molecular formula is C13H21FN2O2. The molecular weight excluding hydrogens is 235 g/mol. The number of hydrogen-bond acceptors (Lipinski definition) is 2. The van der Waals surface area contributed by atoms with Crippen LogP contribution in [0.1, 0.15) is 38.5 Å². The van der Waals surface area contributed by atoms with Crippen molar-refractivity contribution in [3.05, 3.63) is 0 Å². The first-order valence-electron chi connectivity index (χ1n) is 6.87. The maximum absolute atomic E-state index is 12.3. The van der Waals surface area contributed by atoms with Crippen LogP contribution in [0.15, 0.2) is 0 Å². The van der Waals surface area contributed by atoms with E-state index in [0.717, 1.165) is 25.7 Å². The van der Waals surface area contributed by atoms with Crippen LogP contribution in [0.4, 0.5) is 4.39 Å². The van der Waals surface area contributed by atoms with Gasteiger partial charge in [0.2, 0.25) is 11.8 Å². The summed E-state index contributed by atoms with van der Waals surface area (Å²) in [7, 11) is 0. The Bertz CT molecular complexity index is 316. The van der Waals surface area contributed by atoms with Gasteiger partial charge in [-0.05, 0) is 25.2 Å². The van der Waals surface area contributed by atoms with E-state index in [2.05, 4.69) is 5.32 Å². The molecule has 0 bridgehead atoms. The van der Waals surface area contributed by atoms with Gasteiger partial charge >= 0.3 is 0 Å². The molecule has 2 rings (SSSR count). The summed E-state index contributed by atoms with van der Waals surface area (Å²) in [6.45, 7) is -0.0129. The molecule has 1 saturated heterocycles. The molecule has 18 heavy (non-hydrogen) atoms. The van der Waals surface area contributed by atoms with Crippen LogP contribution in [0.5, 0.6) is 0 Å². The minimum absolute atomic E-state index is 0.0552. The van der Waals surface area contributed by atoms with Crippen molar-refractivity contribution in [3.8, 4) is 0 Å². The van der Waals surface area contributed by atoms with E-state index in [0.29, 0.717) is 13.0 Å². The zero-order chi connectivity index (χ0) is 13.0. The lowest BCUT2D eigenvalue weighted by molar-refractivity contribution is -0.148. The van der Waals surface area contributed by atoms with Crippen LogP contribution in [0, 0.1) is 5.92 Å². The first kappa shape index (κ1) is 13.3. The van der Waals surface area contributed by atoms with Crippen molar-refractivity contribution >= 4 is 11.8 Å². The number of carbonyl (C=O) groups excluding carboxylic acids is 2. The Hall–Kier alpha value is -1.13. The molecule has 1 atom stereocenters. The van der Waals surface area contributed by atoms with Crippen LogP contribution in [0.2, 0.25) is 0 Å². The number of amides is 2. The number of halogens is 1. The summed E-state index contributed by atoms with van der Waals surface area (Å²) < 4.78 is 12.3. The summed E-state index contributed by atoms with van der Waals surface area (Å²) >= 11 is 0. The molecule has 1 N–H and O–H groups in total. The number of nitrogens with one attached hydrogen (secondary N) is 1. The van der Waals surface area contributed by atoms with Gasteiger partial charge in [0.1, 0.15) is 6.04 Å². The highest BCUT2D eigenvalue weighted by Crippen LogP contribution is 2.30. The molecule has 1 aliphatic heterocycles. The van der Waals surface area contributed by atoms with Gasteiger partial charge in [0.25, 0.3) is 0 Å². The molecule has 4 nitrogen and oxygen atoms in total. The smallest absolute Gasteiger partial charge is 0.243 e. The number of alkyl halides is 1. The maximum atomic E-state index is 12.3. The normalized spacial score (nSPS) is 26.3. The molecule has 0 spiro atoms. The number of rotatable bonds is 4. The van der Waals surface area contributed by atoms with Crippen LogP contribution in [0.3, 0.4) is 0 Å². The quantitative estimate of drug-likeness (QED) is 0.823. The molecule has 1 heterocycles. The first-order chi connectivity index (χ1) is 8.74. The van der Waals surface area contributed by atoms with Gasteiger partial charge in [-0.15, -0.1) is 0 Å². The van der Waals surface area contributed by atoms with Gasteiger partial charge in [0.05, 0.1) is 13.2 Å². The van der Waals surface area contributed by atoms with E-state index in [1.807, 2.05) is 0 Å². The third-order valence-electron chi connectivity index (χ3n) is 3.97. The van der Waals surface area contributed by atoms with Gasteiger partial charge in [-0.2, -0.15) is 0 Å². The molecule has 2 fully saturated rings. The molecule has 1 aliphatic carbocycles. The topological polar surface area (TPSA) is 49.4 Å². The predicted molar refractivity (Wildman–Crippen MR) is 65.7 cm³/mol. The lowest BCUT2D eigenvalue weighted by atomic mass is 9.82. The summed E-state index contributed by atoms with van der Waals surface area (Å²) in [6, 6.07) is -0.363. The van der Waals surface area contributed by atoms with E-state index in [1.165, 1.54) is 6.42 Å². The second-order valence-electron chi connectivity index (χ2n) is 5.19. The van der Waals surface area contributed by atoms with Gasteiger partial charge < -0.3 is 10.2 Å². The molecule has 0 aromatic heterocycles. The number of hydrogen-bond donors (Lipinski definition) is 1. The summed E-state index contributed by atoms with van der Waals surface area (Å²) in [6.07, 6.45) is 5.78.